The first-order chi connectivity index (χ1) is 5.08. The summed E-state index contributed by atoms with van der Waals surface area (Å²) in [7, 11) is 0. The lowest BCUT2D eigenvalue weighted by Crippen LogP contribution is -2.25. The van der Waals surface area contributed by atoms with Crippen molar-refractivity contribution in [3.8, 4) is 0 Å². The predicted octanol–water partition coefficient (Wildman–Crippen LogP) is 0.868. The van der Waals surface area contributed by atoms with Gasteiger partial charge in [0.05, 0.1) is 0 Å². The van der Waals surface area contributed by atoms with Gasteiger partial charge >= 0.3 is 0 Å². The topological polar surface area (TPSA) is 42.7 Å². The SMILES string of the molecule is CC(C)(C)CNn1cnnc1. The summed E-state index contributed by atoms with van der Waals surface area (Å²) in [5.41, 5.74) is 3.44. The molecule has 0 unspecified atom stereocenters. The maximum atomic E-state index is 3.67. The first kappa shape index (κ1) is 8.04. The highest BCUT2D eigenvalue weighted by molar-refractivity contribution is 4.77. The van der Waals surface area contributed by atoms with E-state index in [4.69, 9.17) is 0 Å². The van der Waals surface area contributed by atoms with Gasteiger partial charge in [-0.15, -0.1) is 10.2 Å². The van der Waals surface area contributed by atoms with Crippen LogP contribution in [0.25, 0.3) is 0 Å². The zero-order valence-corrected chi connectivity index (χ0v) is 7.20. The third-order valence-electron chi connectivity index (χ3n) is 1.21. The fourth-order valence-electron chi connectivity index (χ4n) is 0.611. The van der Waals surface area contributed by atoms with Crippen LogP contribution in [0, 0.1) is 5.41 Å². The molecule has 1 aromatic rings. The Morgan fingerprint density at radius 1 is 1.27 bits per heavy atom. The van der Waals surface area contributed by atoms with E-state index in [2.05, 4.69) is 36.4 Å². The maximum Gasteiger partial charge on any atom is 0.138 e. The third-order valence-corrected chi connectivity index (χ3v) is 1.21. The van der Waals surface area contributed by atoms with Gasteiger partial charge in [0.1, 0.15) is 12.7 Å². The van der Waals surface area contributed by atoms with E-state index in [0.717, 1.165) is 6.54 Å². The Morgan fingerprint density at radius 3 is 2.27 bits per heavy atom. The third kappa shape index (κ3) is 3.02. The number of aromatic nitrogens is 3. The molecule has 1 aromatic heterocycles. The molecule has 4 heteroatoms. The number of hydrogen-bond donors (Lipinski definition) is 1. The average molecular weight is 154 g/mol. The lowest BCUT2D eigenvalue weighted by Gasteiger charge is -2.19. The molecule has 0 aliphatic heterocycles. The molecule has 0 radical (unpaired) electrons. The Morgan fingerprint density at radius 2 is 1.82 bits per heavy atom. The lowest BCUT2D eigenvalue weighted by molar-refractivity contribution is 0.426. The molecular weight excluding hydrogens is 140 g/mol. The fraction of sp³-hybridized carbons (Fsp3) is 0.714. The zero-order chi connectivity index (χ0) is 8.32. The molecule has 0 aliphatic carbocycles. The molecule has 0 atom stereocenters. The van der Waals surface area contributed by atoms with E-state index in [1.807, 2.05) is 0 Å². The van der Waals surface area contributed by atoms with Crippen LogP contribution in [0.2, 0.25) is 0 Å². The molecule has 1 N–H and O–H groups in total. The summed E-state index contributed by atoms with van der Waals surface area (Å²) in [6.45, 7) is 7.42. The van der Waals surface area contributed by atoms with Crippen LogP contribution >= 0.6 is 0 Å². The van der Waals surface area contributed by atoms with Crippen molar-refractivity contribution in [1.29, 1.82) is 0 Å². The standard InChI is InChI=1S/C7H14N4/c1-7(2,3)4-10-11-5-8-9-6-11/h5-6,10H,4H2,1-3H3. The molecule has 0 aliphatic rings. The van der Waals surface area contributed by atoms with Crippen molar-refractivity contribution in [3.05, 3.63) is 12.7 Å². The van der Waals surface area contributed by atoms with Crippen molar-refractivity contribution in [2.45, 2.75) is 20.8 Å². The van der Waals surface area contributed by atoms with E-state index in [9.17, 15) is 0 Å². The summed E-state index contributed by atoms with van der Waals surface area (Å²) in [4.78, 5) is 0. The van der Waals surface area contributed by atoms with Crippen LogP contribution in [-0.4, -0.2) is 21.4 Å². The number of hydrogen-bond acceptors (Lipinski definition) is 3. The smallest absolute Gasteiger partial charge is 0.138 e. The van der Waals surface area contributed by atoms with Crippen LogP contribution in [-0.2, 0) is 0 Å². The first-order valence-electron chi connectivity index (χ1n) is 3.66. The van der Waals surface area contributed by atoms with E-state index in [1.54, 1.807) is 17.3 Å². The van der Waals surface area contributed by atoms with Crippen LogP contribution in [0.3, 0.4) is 0 Å². The highest BCUT2D eigenvalue weighted by atomic mass is 15.5. The summed E-state index contributed by atoms with van der Waals surface area (Å²) in [6, 6.07) is 0. The van der Waals surface area contributed by atoms with Crippen molar-refractivity contribution in [1.82, 2.24) is 14.9 Å². The second-order valence-electron chi connectivity index (χ2n) is 3.76. The number of nitrogens with one attached hydrogen (secondary N) is 1. The highest BCUT2D eigenvalue weighted by Crippen LogP contribution is 2.10. The minimum atomic E-state index is 0.282. The van der Waals surface area contributed by atoms with Gasteiger partial charge < -0.3 is 5.43 Å². The Kier molecular flexibility index (Phi) is 2.12. The number of rotatable bonds is 2. The maximum absolute atomic E-state index is 3.67. The van der Waals surface area contributed by atoms with Gasteiger partial charge in [0.2, 0.25) is 0 Å². The Bertz CT molecular complexity index is 197. The zero-order valence-electron chi connectivity index (χ0n) is 7.20. The van der Waals surface area contributed by atoms with Crippen LogP contribution in [0.5, 0.6) is 0 Å². The molecule has 0 aromatic carbocycles. The van der Waals surface area contributed by atoms with Gasteiger partial charge in [-0.1, -0.05) is 20.8 Å². The lowest BCUT2D eigenvalue weighted by atomic mass is 9.97. The van der Waals surface area contributed by atoms with Gasteiger partial charge in [0.15, 0.2) is 0 Å². The minimum absolute atomic E-state index is 0.282. The molecule has 0 saturated heterocycles. The van der Waals surface area contributed by atoms with E-state index in [0.29, 0.717) is 0 Å². The van der Waals surface area contributed by atoms with Gasteiger partial charge in [-0.3, -0.25) is 0 Å². The predicted molar refractivity (Wildman–Crippen MR) is 43.7 cm³/mol. The van der Waals surface area contributed by atoms with E-state index in [1.165, 1.54) is 0 Å². The second-order valence-corrected chi connectivity index (χ2v) is 3.76. The Labute approximate surface area is 66.6 Å². The van der Waals surface area contributed by atoms with Crippen LogP contribution in [0.15, 0.2) is 12.7 Å². The quantitative estimate of drug-likeness (QED) is 0.687. The van der Waals surface area contributed by atoms with Gasteiger partial charge in [-0.2, -0.15) is 0 Å². The Balaban J connectivity index is 2.35. The molecule has 0 fully saturated rings. The molecule has 0 saturated carbocycles. The highest BCUT2D eigenvalue weighted by Gasteiger charge is 2.08. The Hall–Kier alpha value is -1.06. The van der Waals surface area contributed by atoms with Gasteiger partial charge in [0.25, 0.3) is 0 Å². The van der Waals surface area contributed by atoms with Crippen LogP contribution < -0.4 is 5.43 Å². The summed E-state index contributed by atoms with van der Waals surface area (Å²) >= 11 is 0. The van der Waals surface area contributed by atoms with Crippen molar-refractivity contribution < 1.29 is 0 Å². The molecule has 0 spiro atoms. The van der Waals surface area contributed by atoms with E-state index < -0.39 is 0 Å². The van der Waals surface area contributed by atoms with E-state index >= 15 is 0 Å². The summed E-state index contributed by atoms with van der Waals surface area (Å²) < 4.78 is 1.76. The van der Waals surface area contributed by atoms with Crippen molar-refractivity contribution in [3.63, 3.8) is 0 Å². The van der Waals surface area contributed by atoms with Gasteiger partial charge in [-0.05, 0) is 5.41 Å². The van der Waals surface area contributed by atoms with Crippen molar-refractivity contribution >= 4 is 0 Å². The molecule has 62 valence electrons. The molecule has 0 amide bonds. The summed E-state index contributed by atoms with van der Waals surface area (Å²) in [5.74, 6) is 0. The number of nitrogens with zero attached hydrogens (tertiary/aromatic N) is 3. The summed E-state index contributed by atoms with van der Waals surface area (Å²) in [6.07, 6.45) is 3.29. The molecule has 4 nitrogen and oxygen atoms in total. The van der Waals surface area contributed by atoms with Gasteiger partial charge in [0, 0.05) is 6.54 Å². The van der Waals surface area contributed by atoms with E-state index in [-0.39, 0.29) is 5.41 Å². The van der Waals surface area contributed by atoms with Crippen molar-refractivity contribution in [2.75, 3.05) is 12.0 Å². The minimum Gasteiger partial charge on any atom is -0.323 e. The molecule has 1 rings (SSSR count). The summed E-state index contributed by atoms with van der Waals surface area (Å²) in [5, 5.41) is 7.35. The largest absolute Gasteiger partial charge is 0.323 e. The average Bonchev–Trinajstić information content (AvgIpc) is 2.32. The van der Waals surface area contributed by atoms with Crippen LogP contribution in [0.4, 0.5) is 0 Å². The molecular formula is C7H14N4. The molecule has 1 heterocycles. The van der Waals surface area contributed by atoms with Crippen LogP contribution in [0.1, 0.15) is 20.8 Å². The van der Waals surface area contributed by atoms with Crippen molar-refractivity contribution in [2.24, 2.45) is 5.41 Å². The monoisotopic (exact) mass is 154 g/mol. The molecule has 0 bridgehead atoms. The molecule has 11 heavy (non-hydrogen) atoms. The first-order valence-corrected chi connectivity index (χ1v) is 3.66. The van der Waals surface area contributed by atoms with Gasteiger partial charge in [-0.25, -0.2) is 4.68 Å². The second kappa shape index (κ2) is 2.90. The fourth-order valence-corrected chi connectivity index (χ4v) is 0.611. The normalized spacial score (nSPS) is 11.5.